The molecule has 11 heavy (non-hydrogen) atoms. The Hall–Kier alpha value is -0.830. The Morgan fingerprint density at radius 1 is 1.64 bits per heavy atom. The van der Waals surface area contributed by atoms with E-state index in [0.29, 0.717) is 0 Å². The van der Waals surface area contributed by atoms with Gasteiger partial charge in [0.1, 0.15) is 0 Å². The highest BCUT2D eigenvalue weighted by Gasteiger charge is 2.05. The van der Waals surface area contributed by atoms with Crippen LogP contribution in [-0.4, -0.2) is 11.1 Å². The number of carboxylic acid groups (broad SMARTS) is 1. The largest absolute Gasteiger partial charge is 0.481 e. The average molecular weight is 170 g/mol. The van der Waals surface area contributed by atoms with Crippen LogP contribution in [0.1, 0.15) is 15.3 Å². The van der Waals surface area contributed by atoms with Crippen LogP contribution < -0.4 is 0 Å². The molecule has 0 aliphatic carbocycles. The van der Waals surface area contributed by atoms with Crippen LogP contribution in [0.2, 0.25) is 0 Å². The summed E-state index contributed by atoms with van der Waals surface area (Å²) in [7, 11) is 0. The van der Waals surface area contributed by atoms with Crippen molar-refractivity contribution < 1.29 is 9.90 Å². The number of carboxylic acids is 1. The van der Waals surface area contributed by atoms with Crippen LogP contribution in [0.4, 0.5) is 0 Å². The molecule has 0 unspecified atom stereocenters. The van der Waals surface area contributed by atoms with Crippen molar-refractivity contribution in [3.05, 3.63) is 21.4 Å². The average Bonchev–Trinajstić information content (AvgIpc) is 2.09. The fraction of sp³-hybridized carbons (Fsp3) is 0.375. The summed E-state index contributed by atoms with van der Waals surface area (Å²) in [4.78, 5) is 12.6. The summed E-state index contributed by atoms with van der Waals surface area (Å²) >= 11 is 1.65. The smallest absolute Gasteiger partial charge is 0.307 e. The van der Waals surface area contributed by atoms with Crippen LogP contribution in [0.15, 0.2) is 6.07 Å². The summed E-state index contributed by atoms with van der Waals surface area (Å²) < 4.78 is 0. The fourth-order valence-corrected chi connectivity index (χ4v) is 1.97. The van der Waals surface area contributed by atoms with E-state index in [4.69, 9.17) is 5.11 Å². The molecule has 0 aliphatic heterocycles. The summed E-state index contributed by atoms with van der Waals surface area (Å²) in [5, 5.41) is 8.51. The van der Waals surface area contributed by atoms with Gasteiger partial charge in [-0.25, -0.2) is 0 Å². The number of aryl methyl sites for hydroxylation is 2. The highest BCUT2D eigenvalue weighted by Crippen LogP contribution is 2.20. The molecule has 3 heteroatoms. The normalized spacial score (nSPS) is 10.0. The lowest BCUT2D eigenvalue weighted by Crippen LogP contribution is -1.99. The Bertz CT molecular complexity index is 276. The van der Waals surface area contributed by atoms with Gasteiger partial charge < -0.3 is 5.11 Å². The van der Waals surface area contributed by atoms with Crippen molar-refractivity contribution in [2.45, 2.75) is 20.3 Å². The zero-order valence-electron chi connectivity index (χ0n) is 6.55. The Morgan fingerprint density at radius 3 is 2.64 bits per heavy atom. The lowest BCUT2D eigenvalue weighted by atomic mass is 10.2. The first kappa shape index (κ1) is 8.27. The maximum Gasteiger partial charge on any atom is 0.307 e. The minimum atomic E-state index is -0.758. The number of carbonyl (C=O) groups is 1. The molecule has 0 aliphatic rings. The maximum absolute atomic E-state index is 10.3. The lowest BCUT2D eigenvalue weighted by molar-refractivity contribution is -0.136. The molecule has 0 fully saturated rings. The van der Waals surface area contributed by atoms with Gasteiger partial charge in [-0.3, -0.25) is 4.79 Å². The van der Waals surface area contributed by atoms with Crippen molar-refractivity contribution in [2.24, 2.45) is 0 Å². The molecule has 1 rings (SSSR count). The third-order valence-electron chi connectivity index (χ3n) is 1.49. The molecule has 1 aromatic heterocycles. The third-order valence-corrected chi connectivity index (χ3v) is 2.49. The number of aliphatic carboxylic acids is 1. The molecule has 1 N–H and O–H groups in total. The van der Waals surface area contributed by atoms with Crippen molar-refractivity contribution in [3.8, 4) is 0 Å². The van der Waals surface area contributed by atoms with Gasteiger partial charge in [-0.05, 0) is 25.5 Å². The second-order valence-electron chi connectivity index (χ2n) is 2.51. The van der Waals surface area contributed by atoms with Crippen molar-refractivity contribution in [3.63, 3.8) is 0 Å². The van der Waals surface area contributed by atoms with E-state index >= 15 is 0 Å². The minimum Gasteiger partial charge on any atom is -0.481 e. The van der Waals surface area contributed by atoms with E-state index in [9.17, 15) is 4.79 Å². The maximum atomic E-state index is 10.3. The van der Waals surface area contributed by atoms with Gasteiger partial charge in [-0.1, -0.05) is 0 Å². The molecular formula is C8H10O2S. The molecule has 0 amide bonds. The first-order valence-corrected chi connectivity index (χ1v) is 4.19. The predicted molar refractivity (Wildman–Crippen MR) is 45.1 cm³/mol. The zero-order valence-corrected chi connectivity index (χ0v) is 7.36. The highest BCUT2D eigenvalue weighted by atomic mass is 32.1. The van der Waals surface area contributed by atoms with E-state index in [-0.39, 0.29) is 6.42 Å². The van der Waals surface area contributed by atoms with Crippen molar-refractivity contribution in [1.82, 2.24) is 0 Å². The summed E-state index contributed by atoms with van der Waals surface area (Å²) in [5.74, 6) is -0.758. The Labute approximate surface area is 69.5 Å². The molecule has 0 saturated carbocycles. The molecule has 1 aromatic rings. The standard InChI is InChI=1S/C8H10O2S/c1-5-3-7(4-8(9)10)6(2)11-5/h3H,4H2,1-2H3,(H,9,10). The van der Waals surface area contributed by atoms with E-state index in [0.717, 1.165) is 10.4 Å². The van der Waals surface area contributed by atoms with Crippen LogP contribution in [0.3, 0.4) is 0 Å². The van der Waals surface area contributed by atoms with Crippen molar-refractivity contribution >= 4 is 17.3 Å². The summed E-state index contributed by atoms with van der Waals surface area (Å²) in [6.07, 6.45) is 0.149. The zero-order chi connectivity index (χ0) is 8.43. The molecule has 0 spiro atoms. The van der Waals surface area contributed by atoms with E-state index in [1.807, 2.05) is 19.9 Å². The molecule has 1 heterocycles. The number of hydrogen-bond donors (Lipinski definition) is 1. The lowest BCUT2D eigenvalue weighted by Gasteiger charge is -1.91. The Balaban J connectivity index is 2.85. The fourth-order valence-electron chi connectivity index (χ4n) is 1.02. The van der Waals surface area contributed by atoms with E-state index in [1.165, 1.54) is 4.88 Å². The quantitative estimate of drug-likeness (QED) is 0.737. The third kappa shape index (κ3) is 2.05. The first-order chi connectivity index (χ1) is 5.09. The molecule has 0 radical (unpaired) electrons. The van der Waals surface area contributed by atoms with Crippen LogP contribution in [0, 0.1) is 13.8 Å². The molecule has 60 valence electrons. The Morgan fingerprint density at radius 2 is 2.27 bits per heavy atom. The predicted octanol–water partition coefficient (Wildman–Crippen LogP) is 1.99. The van der Waals surface area contributed by atoms with Gasteiger partial charge >= 0.3 is 5.97 Å². The molecule has 0 atom stereocenters. The van der Waals surface area contributed by atoms with Gasteiger partial charge in [0.25, 0.3) is 0 Å². The van der Waals surface area contributed by atoms with Crippen LogP contribution in [0.5, 0.6) is 0 Å². The highest BCUT2D eigenvalue weighted by molar-refractivity contribution is 7.12. The van der Waals surface area contributed by atoms with E-state index in [1.54, 1.807) is 11.3 Å². The monoisotopic (exact) mass is 170 g/mol. The van der Waals surface area contributed by atoms with Gasteiger partial charge in [-0.15, -0.1) is 11.3 Å². The van der Waals surface area contributed by atoms with Gasteiger partial charge in [0.05, 0.1) is 6.42 Å². The van der Waals surface area contributed by atoms with Gasteiger partial charge in [0.2, 0.25) is 0 Å². The van der Waals surface area contributed by atoms with E-state index in [2.05, 4.69) is 0 Å². The first-order valence-electron chi connectivity index (χ1n) is 3.37. The summed E-state index contributed by atoms with van der Waals surface area (Å²) in [5.41, 5.74) is 0.944. The summed E-state index contributed by atoms with van der Waals surface area (Å²) in [6.45, 7) is 3.94. The second-order valence-corrected chi connectivity index (χ2v) is 3.97. The molecule has 0 bridgehead atoms. The van der Waals surface area contributed by atoms with E-state index < -0.39 is 5.97 Å². The van der Waals surface area contributed by atoms with Crippen LogP contribution >= 0.6 is 11.3 Å². The summed E-state index contributed by atoms with van der Waals surface area (Å²) in [6, 6.07) is 1.94. The Kier molecular flexibility index (Phi) is 2.29. The van der Waals surface area contributed by atoms with Crippen LogP contribution in [0.25, 0.3) is 0 Å². The van der Waals surface area contributed by atoms with Gasteiger partial charge in [-0.2, -0.15) is 0 Å². The minimum absolute atomic E-state index is 0.149. The topological polar surface area (TPSA) is 37.3 Å². The molecular weight excluding hydrogens is 160 g/mol. The second kappa shape index (κ2) is 3.05. The molecule has 2 nitrogen and oxygen atoms in total. The molecule has 0 aromatic carbocycles. The molecule has 0 saturated heterocycles. The number of rotatable bonds is 2. The van der Waals surface area contributed by atoms with Gasteiger partial charge in [0.15, 0.2) is 0 Å². The van der Waals surface area contributed by atoms with Crippen molar-refractivity contribution in [2.75, 3.05) is 0 Å². The van der Waals surface area contributed by atoms with Crippen LogP contribution in [-0.2, 0) is 11.2 Å². The van der Waals surface area contributed by atoms with Crippen molar-refractivity contribution in [1.29, 1.82) is 0 Å². The number of thiophene rings is 1. The van der Waals surface area contributed by atoms with Gasteiger partial charge in [0, 0.05) is 9.75 Å². The number of hydrogen-bond acceptors (Lipinski definition) is 2. The SMILES string of the molecule is Cc1cc(CC(=O)O)c(C)s1.